The van der Waals surface area contributed by atoms with Crippen molar-refractivity contribution in [2.75, 3.05) is 21.1 Å². The molecule has 1 aliphatic rings. The summed E-state index contributed by atoms with van der Waals surface area (Å²) < 4.78 is 0.839. The van der Waals surface area contributed by atoms with Crippen LogP contribution in [0.4, 0.5) is 0 Å². The second-order valence-corrected chi connectivity index (χ2v) is 11.6. The molecule has 0 aromatic heterocycles. The van der Waals surface area contributed by atoms with Crippen molar-refractivity contribution in [2.24, 2.45) is 5.41 Å². The predicted octanol–water partition coefficient (Wildman–Crippen LogP) is 5.49. The molecule has 0 radical (unpaired) electrons. The third-order valence-corrected chi connectivity index (χ3v) is 6.33. The van der Waals surface area contributed by atoms with Crippen molar-refractivity contribution in [3.8, 4) is 0 Å². The van der Waals surface area contributed by atoms with Gasteiger partial charge in [0.2, 0.25) is 0 Å². The first-order chi connectivity index (χ1) is 13.8. The molecule has 2 nitrogen and oxygen atoms in total. The van der Waals surface area contributed by atoms with Crippen LogP contribution in [0.25, 0.3) is 0 Å². The van der Waals surface area contributed by atoms with E-state index in [1.165, 1.54) is 28.7 Å². The number of rotatable bonds is 8. The monoisotopic (exact) mass is 409 g/mol. The fraction of sp³-hybridized carbons (Fsp3) is 0.536. The molecule has 1 aliphatic carbocycles. The van der Waals surface area contributed by atoms with E-state index < -0.39 is 0 Å². The van der Waals surface area contributed by atoms with E-state index in [0.717, 1.165) is 24.0 Å². The summed E-state index contributed by atoms with van der Waals surface area (Å²) in [5.41, 5.74) is 6.16. The summed E-state index contributed by atoms with van der Waals surface area (Å²) in [6.07, 6.45) is 13.7. The molecule has 1 aromatic carbocycles. The number of nitrogens with zero attached hydrogens (tertiary/aromatic N) is 1. The minimum atomic E-state index is 0.314. The number of hydrogen-bond donors (Lipinski definition) is 1. The third-order valence-electron chi connectivity index (χ3n) is 6.33. The zero-order chi connectivity index (χ0) is 22.6. The molecule has 1 atom stereocenters. The van der Waals surface area contributed by atoms with Gasteiger partial charge in [0.1, 0.15) is 18.7 Å². The SMILES string of the molecule is CCC(C)(C)[NH+](C)Cc1ccc(C[N+](C)(C)C=C2C=CC(CC(C)(C)C)=C[CH+]2)cc1. The van der Waals surface area contributed by atoms with E-state index in [0.29, 0.717) is 11.0 Å². The summed E-state index contributed by atoms with van der Waals surface area (Å²) >= 11 is 0. The first-order valence-corrected chi connectivity index (χ1v) is 11.5. The molecular formula is C28H45N2+3. The van der Waals surface area contributed by atoms with Crippen LogP contribution in [0.3, 0.4) is 0 Å². The summed E-state index contributed by atoms with van der Waals surface area (Å²) in [5.74, 6) is 0. The predicted molar refractivity (Wildman–Crippen MR) is 131 cm³/mol. The average molecular weight is 410 g/mol. The zero-order valence-electron chi connectivity index (χ0n) is 21.0. The van der Waals surface area contributed by atoms with E-state index >= 15 is 0 Å². The van der Waals surface area contributed by atoms with E-state index in [1.807, 2.05) is 0 Å². The maximum Gasteiger partial charge on any atom is 0.177 e. The van der Waals surface area contributed by atoms with Gasteiger partial charge in [-0.05, 0) is 25.7 Å². The topological polar surface area (TPSA) is 4.44 Å². The van der Waals surface area contributed by atoms with Gasteiger partial charge in [-0.2, -0.15) is 0 Å². The molecule has 164 valence electrons. The minimum absolute atomic E-state index is 0.314. The van der Waals surface area contributed by atoms with Gasteiger partial charge in [0.25, 0.3) is 0 Å². The number of benzene rings is 1. The van der Waals surface area contributed by atoms with Gasteiger partial charge in [-0.3, -0.25) is 4.48 Å². The number of hydrogen-bond acceptors (Lipinski definition) is 0. The molecule has 1 unspecified atom stereocenters. The highest BCUT2D eigenvalue weighted by Crippen LogP contribution is 2.28. The van der Waals surface area contributed by atoms with Crippen LogP contribution in [0.15, 0.2) is 59.8 Å². The van der Waals surface area contributed by atoms with Crippen molar-refractivity contribution in [2.45, 2.75) is 73.0 Å². The van der Waals surface area contributed by atoms with Gasteiger partial charge in [0, 0.05) is 47.8 Å². The van der Waals surface area contributed by atoms with Gasteiger partial charge in [0.15, 0.2) is 6.20 Å². The number of nitrogens with one attached hydrogen (secondary N) is 1. The van der Waals surface area contributed by atoms with Gasteiger partial charge in [-0.15, -0.1) is 0 Å². The first-order valence-electron chi connectivity index (χ1n) is 11.5. The van der Waals surface area contributed by atoms with E-state index in [1.54, 1.807) is 4.90 Å². The Balaban J connectivity index is 1.97. The highest BCUT2D eigenvalue weighted by atomic mass is 15.3. The lowest BCUT2D eigenvalue weighted by molar-refractivity contribution is -0.943. The molecule has 2 rings (SSSR count). The molecule has 0 saturated carbocycles. The Bertz CT molecular complexity index is 783. The fourth-order valence-corrected chi connectivity index (χ4v) is 3.86. The molecule has 0 spiro atoms. The smallest absolute Gasteiger partial charge is 0.177 e. The largest absolute Gasteiger partial charge is 0.329 e. The fourth-order valence-electron chi connectivity index (χ4n) is 3.86. The molecule has 0 aliphatic heterocycles. The summed E-state index contributed by atoms with van der Waals surface area (Å²) in [5, 5.41) is 0. The Morgan fingerprint density at radius 3 is 2.07 bits per heavy atom. The molecule has 0 bridgehead atoms. The van der Waals surface area contributed by atoms with Gasteiger partial charge < -0.3 is 4.90 Å². The zero-order valence-corrected chi connectivity index (χ0v) is 21.0. The van der Waals surface area contributed by atoms with E-state index in [9.17, 15) is 0 Å². The summed E-state index contributed by atoms with van der Waals surface area (Å²) in [7, 11) is 6.86. The third kappa shape index (κ3) is 7.81. The highest BCUT2D eigenvalue weighted by Gasteiger charge is 2.25. The van der Waals surface area contributed by atoms with Crippen molar-refractivity contribution in [1.29, 1.82) is 0 Å². The van der Waals surface area contributed by atoms with Gasteiger partial charge in [-0.1, -0.05) is 52.0 Å². The number of quaternary nitrogens is 2. The summed E-state index contributed by atoms with van der Waals surface area (Å²) in [6.45, 7) is 15.9. The first kappa shape index (κ1) is 24.5. The van der Waals surface area contributed by atoms with E-state index in [4.69, 9.17) is 0 Å². The van der Waals surface area contributed by atoms with Crippen molar-refractivity contribution in [3.05, 3.63) is 77.4 Å². The minimum Gasteiger partial charge on any atom is -0.329 e. The van der Waals surface area contributed by atoms with Crippen molar-refractivity contribution < 1.29 is 9.38 Å². The van der Waals surface area contributed by atoms with Crippen molar-refractivity contribution >= 4 is 0 Å². The Hall–Kier alpha value is -1.77. The Kier molecular flexibility index (Phi) is 7.82. The van der Waals surface area contributed by atoms with Crippen molar-refractivity contribution in [3.63, 3.8) is 0 Å². The molecule has 30 heavy (non-hydrogen) atoms. The van der Waals surface area contributed by atoms with E-state index in [-0.39, 0.29) is 0 Å². The Labute approximate surface area is 186 Å². The molecule has 0 saturated heterocycles. The summed E-state index contributed by atoms with van der Waals surface area (Å²) in [6, 6.07) is 9.24. The van der Waals surface area contributed by atoms with Gasteiger partial charge in [0.05, 0.1) is 26.7 Å². The van der Waals surface area contributed by atoms with Crippen LogP contribution in [0, 0.1) is 11.8 Å². The van der Waals surface area contributed by atoms with Crippen LogP contribution >= 0.6 is 0 Å². The maximum absolute atomic E-state index is 2.36. The van der Waals surface area contributed by atoms with Crippen LogP contribution in [-0.2, 0) is 13.1 Å². The molecule has 0 amide bonds. The van der Waals surface area contributed by atoms with Crippen LogP contribution in [0.2, 0.25) is 0 Å². The number of allylic oxidation sites excluding steroid dienone is 5. The van der Waals surface area contributed by atoms with Crippen LogP contribution < -0.4 is 4.90 Å². The lowest BCUT2D eigenvalue weighted by Crippen LogP contribution is -3.15. The lowest BCUT2D eigenvalue weighted by Gasteiger charge is -2.31. The molecule has 1 N–H and O–H groups in total. The standard InChI is InChI=1S/C28H44N2/c1-10-28(5,6)29(7)20-24-13-17-26(18-14-24)22-30(8,9)21-25-15-11-23(12-16-25)19-27(2,3)4/h11-18,21H,10,19-20,22H2,1-9H3/q+2/p+1. The lowest BCUT2D eigenvalue weighted by atomic mass is 9.85. The second-order valence-electron chi connectivity index (χ2n) is 11.6. The van der Waals surface area contributed by atoms with Crippen LogP contribution in [0.1, 0.15) is 65.5 Å². The summed E-state index contributed by atoms with van der Waals surface area (Å²) in [4.78, 5) is 1.57. The second kappa shape index (κ2) is 9.58. The molecule has 0 heterocycles. The van der Waals surface area contributed by atoms with Gasteiger partial charge in [-0.25, -0.2) is 0 Å². The van der Waals surface area contributed by atoms with Crippen molar-refractivity contribution in [1.82, 2.24) is 0 Å². The molecule has 1 aromatic rings. The highest BCUT2D eigenvalue weighted by molar-refractivity contribution is 5.42. The Morgan fingerprint density at radius 2 is 1.57 bits per heavy atom. The molecular weight excluding hydrogens is 364 g/mol. The molecule has 2 heteroatoms. The van der Waals surface area contributed by atoms with Crippen LogP contribution in [-0.4, -0.2) is 31.2 Å². The average Bonchev–Trinajstić information content (AvgIpc) is 2.63. The van der Waals surface area contributed by atoms with Crippen LogP contribution in [0.5, 0.6) is 0 Å². The quantitative estimate of drug-likeness (QED) is 0.428. The normalized spacial score (nSPS) is 17.6. The molecule has 0 fully saturated rings. The van der Waals surface area contributed by atoms with E-state index in [2.05, 4.69) is 118 Å². The maximum atomic E-state index is 2.36. The Morgan fingerprint density at radius 1 is 0.967 bits per heavy atom. The van der Waals surface area contributed by atoms with Gasteiger partial charge >= 0.3 is 0 Å².